The molecule has 1 spiro atoms. The van der Waals surface area contributed by atoms with Crippen LogP contribution in [0.4, 0.5) is 0 Å². The number of nitrogens with zero attached hydrogens (tertiary/aromatic N) is 1. The molecule has 3 saturated carbocycles. The van der Waals surface area contributed by atoms with E-state index >= 15 is 0 Å². The number of rotatable bonds is 7. The SMILES string of the molecule is C(CN1CC2(CC(NC3CC3)C2)C1)NSC1CC1. The van der Waals surface area contributed by atoms with Crippen LogP contribution in [0.15, 0.2) is 0 Å². The Bertz CT molecular complexity index is 300. The molecule has 3 aliphatic carbocycles. The largest absolute Gasteiger partial charge is 0.311 e. The third kappa shape index (κ3) is 2.72. The fraction of sp³-hybridized carbons (Fsp3) is 1.00. The molecule has 0 aromatic heterocycles. The average molecular weight is 267 g/mol. The van der Waals surface area contributed by atoms with Crippen LogP contribution in [0.25, 0.3) is 0 Å². The van der Waals surface area contributed by atoms with Gasteiger partial charge in [-0.3, -0.25) is 4.72 Å². The van der Waals surface area contributed by atoms with E-state index in [1.807, 2.05) is 11.9 Å². The molecule has 0 atom stereocenters. The third-order valence-electron chi connectivity index (χ3n) is 4.83. The monoisotopic (exact) mass is 267 g/mol. The lowest BCUT2D eigenvalue weighted by Gasteiger charge is -2.59. The molecule has 1 saturated heterocycles. The van der Waals surface area contributed by atoms with E-state index in [0.717, 1.165) is 22.7 Å². The zero-order valence-electron chi connectivity index (χ0n) is 11.2. The second-order valence-electron chi connectivity index (χ2n) is 6.97. The number of likely N-dealkylation sites (tertiary alicyclic amines) is 1. The highest BCUT2D eigenvalue weighted by atomic mass is 32.2. The molecule has 4 rings (SSSR count). The van der Waals surface area contributed by atoms with Crippen molar-refractivity contribution >= 4 is 11.9 Å². The molecule has 4 fully saturated rings. The van der Waals surface area contributed by atoms with Crippen molar-refractivity contribution in [2.75, 3.05) is 26.2 Å². The van der Waals surface area contributed by atoms with Crippen LogP contribution in [0.3, 0.4) is 0 Å². The predicted octanol–water partition coefficient (Wildman–Crippen LogP) is 1.60. The fourth-order valence-electron chi connectivity index (χ4n) is 3.57. The molecule has 1 aliphatic heterocycles. The molecule has 2 N–H and O–H groups in total. The number of hydrogen-bond acceptors (Lipinski definition) is 4. The summed E-state index contributed by atoms with van der Waals surface area (Å²) in [5, 5.41) is 4.70. The summed E-state index contributed by atoms with van der Waals surface area (Å²) in [4.78, 5) is 2.63. The van der Waals surface area contributed by atoms with Gasteiger partial charge in [-0.1, -0.05) is 11.9 Å². The highest BCUT2D eigenvalue weighted by Gasteiger charge is 2.52. The van der Waals surface area contributed by atoms with E-state index in [1.165, 1.54) is 64.7 Å². The van der Waals surface area contributed by atoms with Crippen LogP contribution in [0, 0.1) is 5.41 Å². The maximum Gasteiger partial charge on any atom is 0.0193 e. The molecule has 0 amide bonds. The zero-order valence-corrected chi connectivity index (χ0v) is 12.0. The van der Waals surface area contributed by atoms with E-state index in [0.29, 0.717) is 0 Å². The second-order valence-corrected chi connectivity index (χ2v) is 8.16. The smallest absolute Gasteiger partial charge is 0.0193 e. The normalized spacial score (nSPS) is 31.3. The molecular weight excluding hydrogens is 242 g/mol. The molecule has 0 aromatic rings. The van der Waals surface area contributed by atoms with E-state index in [9.17, 15) is 0 Å². The Kier molecular flexibility index (Phi) is 3.10. The first-order chi connectivity index (χ1) is 8.81. The minimum absolute atomic E-state index is 0.732. The van der Waals surface area contributed by atoms with Gasteiger partial charge in [-0.15, -0.1) is 0 Å². The van der Waals surface area contributed by atoms with E-state index in [1.54, 1.807) is 0 Å². The lowest BCUT2D eigenvalue weighted by molar-refractivity contribution is -0.0773. The van der Waals surface area contributed by atoms with Crippen LogP contribution < -0.4 is 10.0 Å². The topological polar surface area (TPSA) is 27.3 Å². The molecule has 1 heterocycles. The van der Waals surface area contributed by atoms with Gasteiger partial charge in [-0.05, 0) is 43.9 Å². The Morgan fingerprint density at radius 2 is 1.83 bits per heavy atom. The van der Waals surface area contributed by atoms with Crippen LogP contribution in [-0.2, 0) is 0 Å². The highest BCUT2D eigenvalue weighted by Crippen LogP contribution is 2.48. The van der Waals surface area contributed by atoms with Crippen molar-refractivity contribution in [1.82, 2.24) is 14.9 Å². The summed E-state index contributed by atoms with van der Waals surface area (Å²) in [6.45, 7) is 5.15. The van der Waals surface area contributed by atoms with E-state index < -0.39 is 0 Å². The second kappa shape index (κ2) is 4.65. The first-order valence-electron chi connectivity index (χ1n) is 7.68. The van der Waals surface area contributed by atoms with Crippen LogP contribution in [0.1, 0.15) is 38.5 Å². The van der Waals surface area contributed by atoms with Crippen molar-refractivity contribution in [3.8, 4) is 0 Å². The Morgan fingerprint density at radius 1 is 1.06 bits per heavy atom. The Labute approximate surface area is 115 Å². The number of hydrogen-bond donors (Lipinski definition) is 2. The molecule has 4 aliphatic rings. The summed E-state index contributed by atoms with van der Waals surface area (Å²) in [6.07, 6.45) is 8.62. The maximum atomic E-state index is 3.77. The third-order valence-corrected chi connectivity index (χ3v) is 6.01. The Morgan fingerprint density at radius 3 is 2.50 bits per heavy atom. The van der Waals surface area contributed by atoms with Crippen LogP contribution >= 0.6 is 11.9 Å². The van der Waals surface area contributed by atoms with Gasteiger partial charge in [-0.25, -0.2) is 0 Å². The predicted molar refractivity (Wildman–Crippen MR) is 76.7 cm³/mol. The molecule has 0 radical (unpaired) electrons. The van der Waals surface area contributed by atoms with Gasteiger partial charge in [0.2, 0.25) is 0 Å². The summed E-state index contributed by atoms with van der Waals surface area (Å²) in [5.74, 6) is 0. The van der Waals surface area contributed by atoms with Gasteiger partial charge < -0.3 is 10.2 Å². The molecular formula is C14H25N3S. The Balaban J connectivity index is 1.07. The van der Waals surface area contributed by atoms with Gasteiger partial charge >= 0.3 is 0 Å². The summed E-state index contributed by atoms with van der Waals surface area (Å²) >= 11 is 1.97. The summed E-state index contributed by atoms with van der Waals surface area (Å²) < 4.78 is 3.52. The van der Waals surface area contributed by atoms with E-state index in [4.69, 9.17) is 0 Å². The standard InChI is InChI=1S/C14H25N3S/c1-2-11(1)16-12-7-14(8-12)9-17(10-14)6-5-15-18-13-3-4-13/h11-13,15-16H,1-10H2. The van der Waals surface area contributed by atoms with Crippen LogP contribution in [-0.4, -0.2) is 48.4 Å². The molecule has 3 nitrogen and oxygen atoms in total. The lowest BCUT2D eigenvalue weighted by atomic mass is 9.60. The van der Waals surface area contributed by atoms with Crippen molar-refractivity contribution < 1.29 is 0 Å². The van der Waals surface area contributed by atoms with Gasteiger partial charge in [-0.2, -0.15) is 0 Å². The first kappa shape index (κ1) is 12.0. The lowest BCUT2D eigenvalue weighted by Crippen LogP contribution is -2.66. The van der Waals surface area contributed by atoms with Crippen LogP contribution in [0.2, 0.25) is 0 Å². The van der Waals surface area contributed by atoms with Gasteiger partial charge in [0.1, 0.15) is 0 Å². The maximum absolute atomic E-state index is 3.77. The number of nitrogens with one attached hydrogen (secondary N) is 2. The summed E-state index contributed by atoms with van der Waals surface area (Å²) in [5.41, 5.74) is 0.732. The summed E-state index contributed by atoms with van der Waals surface area (Å²) in [7, 11) is 0. The van der Waals surface area contributed by atoms with E-state index in [-0.39, 0.29) is 0 Å². The summed E-state index contributed by atoms with van der Waals surface area (Å²) in [6, 6.07) is 1.76. The first-order valence-corrected chi connectivity index (χ1v) is 8.56. The fourth-order valence-corrected chi connectivity index (χ4v) is 4.39. The van der Waals surface area contributed by atoms with Gasteiger partial charge in [0.05, 0.1) is 0 Å². The molecule has 0 bridgehead atoms. The minimum atomic E-state index is 0.732. The van der Waals surface area contributed by atoms with Crippen molar-refractivity contribution in [3.63, 3.8) is 0 Å². The molecule has 0 aromatic carbocycles. The molecule has 102 valence electrons. The van der Waals surface area contributed by atoms with Gasteiger partial charge in [0.15, 0.2) is 0 Å². The van der Waals surface area contributed by atoms with Crippen LogP contribution in [0.5, 0.6) is 0 Å². The van der Waals surface area contributed by atoms with Crippen molar-refractivity contribution in [2.24, 2.45) is 5.41 Å². The molecule has 4 heteroatoms. The zero-order chi connectivity index (χ0) is 12.0. The van der Waals surface area contributed by atoms with Crippen molar-refractivity contribution in [1.29, 1.82) is 0 Å². The molecule has 0 unspecified atom stereocenters. The van der Waals surface area contributed by atoms with Crippen molar-refractivity contribution in [3.05, 3.63) is 0 Å². The van der Waals surface area contributed by atoms with Gasteiger partial charge in [0.25, 0.3) is 0 Å². The van der Waals surface area contributed by atoms with Gasteiger partial charge in [0, 0.05) is 43.5 Å². The minimum Gasteiger partial charge on any atom is -0.311 e. The van der Waals surface area contributed by atoms with E-state index in [2.05, 4.69) is 14.9 Å². The van der Waals surface area contributed by atoms with Crippen molar-refractivity contribution in [2.45, 2.75) is 55.9 Å². The Hall–Kier alpha value is 0.230. The highest BCUT2D eigenvalue weighted by molar-refractivity contribution is 7.98. The quantitative estimate of drug-likeness (QED) is 0.541. The molecule has 18 heavy (non-hydrogen) atoms. The average Bonchev–Trinajstić information content (AvgIpc) is 3.08.